The number of sulfonamides is 1. The predicted octanol–water partition coefficient (Wildman–Crippen LogP) is 2.62. The highest BCUT2D eigenvalue weighted by Crippen LogP contribution is 2.32. The molecule has 24 heavy (non-hydrogen) atoms. The number of hydrogen-bond donors (Lipinski definition) is 1. The van der Waals surface area contributed by atoms with E-state index < -0.39 is 10.0 Å². The van der Waals surface area contributed by atoms with Crippen LogP contribution in [-0.4, -0.2) is 46.8 Å². The molecule has 1 heterocycles. The zero-order chi connectivity index (χ0) is 17.2. The molecule has 0 atom stereocenters. The zero-order valence-corrected chi connectivity index (χ0v) is 15.3. The van der Waals surface area contributed by atoms with Crippen LogP contribution in [0.3, 0.4) is 0 Å². The van der Waals surface area contributed by atoms with Crippen LogP contribution in [-0.2, 0) is 10.0 Å². The van der Waals surface area contributed by atoms with Gasteiger partial charge in [0.15, 0.2) is 0 Å². The third-order valence-corrected chi connectivity index (χ3v) is 7.51. The first-order valence-corrected chi connectivity index (χ1v) is 10.7. The monoisotopic (exact) mass is 355 g/mol. The highest BCUT2D eigenvalue weighted by Gasteiger charge is 2.34. The number of aliphatic hydroxyl groups excluding tert-OH is 1. The lowest BCUT2D eigenvalue weighted by Gasteiger charge is -2.32. The van der Waals surface area contributed by atoms with E-state index in [1.807, 2.05) is 4.68 Å². The summed E-state index contributed by atoms with van der Waals surface area (Å²) in [6.45, 7) is 1.79. The number of aliphatic hydroxyl groups is 1. The standard InChI is InChI=1S/C17H29N3O3S/c1-14-17(13-19(18-14)15-7-5-6-8-15)24(22,23)20(11-12-21)16-9-3-2-4-10-16/h13,15-16,21H,2-12H2,1H3. The molecule has 2 aliphatic carbocycles. The van der Waals surface area contributed by atoms with Crippen LogP contribution in [0.2, 0.25) is 0 Å². The van der Waals surface area contributed by atoms with Crippen LogP contribution in [0.15, 0.2) is 11.1 Å². The minimum absolute atomic E-state index is 0.00475. The quantitative estimate of drug-likeness (QED) is 0.851. The van der Waals surface area contributed by atoms with Crippen molar-refractivity contribution in [1.82, 2.24) is 14.1 Å². The van der Waals surface area contributed by atoms with Crippen LogP contribution in [0.25, 0.3) is 0 Å². The minimum atomic E-state index is -3.61. The number of aryl methyl sites for hydroxylation is 1. The maximum absolute atomic E-state index is 13.2. The van der Waals surface area contributed by atoms with Crippen LogP contribution >= 0.6 is 0 Å². The van der Waals surface area contributed by atoms with Gasteiger partial charge in [0.05, 0.1) is 18.3 Å². The molecule has 1 aromatic rings. The highest BCUT2D eigenvalue weighted by atomic mass is 32.2. The van der Waals surface area contributed by atoms with Gasteiger partial charge in [0.1, 0.15) is 4.90 Å². The van der Waals surface area contributed by atoms with Crippen molar-refractivity contribution < 1.29 is 13.5 Å². The first-order valence-electron chi connectivity index (χ1n) is 9.22. The van der Waals surface area contributed by atoms with Crippen molar-refractivity contribution in [3.8, 4) is 0 Å². The molecule has 0 aliphatic heterocycles. The topological polar surface area (TPSA) is 75.4 Å². The molecule has 0 radical (unpaired) electrons. The smallest absolute Gasteiger partial charge is 0.246 e. The summed E-state index contributed by atoms with van der Waals surface area (Å²) in [7, 11) is -3.61. The molecule has 0 aromatic carbocycles. The van der Waals surface area contributed by atoms with E-state index in [0.29, 0.717) is 16.6 Å². The molecule has 0 saturated heterocycles. The van der Waals surface area contributed by atoms with E-state index in [4.69, 9.17) is 0 Å². The van der Waals surface area contributed by atoms with Crippen molar-refractivity contribution >= 4 is 10.0 Å². The Labute approximate surface area is 144 Å². The van der Waals surface area contributed by atoms with Crippen LogP contribution in [0.1, 0.15) is 69.5 Å². The summed E-state index contributed by atoms with van der Waals surface area (Å²) >= 11 is 0. The van der Waals surface area contributed by atoms with E-state index in [0.717, 1.165) is 38.5 Å². The lowest BCUT2D eigenvalue weighted by atomic mass is 9.95. The van der Waals surface area contributed by atoms with E-state index >= 15 is 0 Å². The average molecular weight is 356 g/mol. The lowest BCUT2D eigenvalue weighted by Crippen LogP contribution is -2.43. The molecule has 136 valence electrons. The van der Waals surface area contributed by atoms with Gasteiger partial charge in [-0.15, -0.1) is 0 Å². The maximum atomic E-state index is 13.2. The Bertz CT molecular complexity index is 644. The van der Waals surface area contributed by atoms with Gasteiger partial charge in [0.2, 0.25) is 10.0 Å². The molecule has 7 heteroatoms. The van der Waals surface area contributed by atoms with E-state index in [9.17, 15) is 13.5 Å². The van der Waals surface area contributed by atoms with Crippen LogP contribution in [0, 0.1) is 6.92 Å². The minimum Gasteiger partial charge on any atom is -0.395 e. The molecule has 3 rings (SSSR count). The van der Waals surface area contributed by atoms with Crippen molar-refractivity contribution in [2.45, 2.75) is 81.7 Å². The summed E-state index contributed by atoms with van der Waals surface area (Å²) in [6, 6.07) is 0.332. The Balaban J connectivity index is 1.89. The van der Waals surface area contributed by atoms with Gasteiger partial charge in [-0.05, 0) is 32.6 Å². The number of hydrogen-bond acceptors (Lipinski definition) is 4. The Hall–Kier alpha value is -0.920. The summed E-state index contributed by atoms with van der Waals surface area (Å²) in [5.74, 6) is 0. The fourth-order valence-corrected chi connectivity index (χ4v) is 6.00. The van der Waals surface area contributed by atoms with Crippen molar-refractivity contribution in [3.05, 3.63) is 11.9 Å². The van der Waals surface area contributed by atoms with Gasteiger partial charge in [-0.1, -0.05) is 32.1 Å². The Morgan fingerprint density at radius 1 is 1.17 bits per heavy atom. The van der Waals surface area contributed by atoms with Gasteiger partial charge in [-0.25, -0.2) is 8.42 Å². The molecule has 2 aliphatic rings. The average Bonchev–Trinajstić information content (AvgIpc) is 3.22. The number of nitrogens with zero attached hydrogens (tertiary/aromatic N) is 3. The molecule has 0 bridgehead atoms. The largest absolute Gasteiger partial charge is 0.395 e. The summed E-state index contributed by atoms with van der Waals surface area (Å²) in [4.78, 5) is 0.313. The second-order valence-corrected chi connectivity index (χ2v) is 8.99. The van der Waals surface area contributed by atoms with Crippen molar-refractivity contribution in [2.75, 3.05) is 13.2 Å². The van der Waals surface area contributed by atoms with Gasteiger partial charge in [0, 0.05) is 18.8 Å². The SMILES string of the molecule is Cc1nn(C2CCCC2)cc1S(=O)(=O)N(CCO)C1CCCCC1. The number of aromatic nitrogens is 2. The molecule has 1 aromatic heterocycles. The van der Waals surface area contributed by atoms with E-state index in [1.165, 1.54) is 23.6 Å². The molecule has 0 unspecified atom stereocenters. The summed E-state index contributed by atoms with van der Waals surface area (Å²) in [5, 5.41) is 13.9. The molecule has 2 fully saturated rings. The first-order chi connectivity index (χ1) is 11.5. The molecule has 6 nitrogen and oxygen atoms in total. The highest BCUT2D eigenvalue weighted by molar-refractivity contribution is 7.89. The predicted molar refractivity (Wildman–Crippen MR) is 92.3 cm³/mol. The van der Waals surface area contributed by atoms with Gasteiger partial charge in [0.25, 0.3) is 0 Å². The number of rotatable bonds is 6. The zero-order valence-electron chi connectivity index (χ0n) is 14.5. The molecule has 2 saturated carbocycles. The third kappa shape index (κ3) is 3.53. The van der Waals surface area contributed by atoms with Crippen molar-refractivity contribution in [1.29, 1.82) is 0 Å². The summed E-state index contributed by atoms with van der Waals surface area (Å²) in [5.41, 5.74) is 0.570. The van der Waals surface area contributed by atoms with Crippen LogP contribution in [0.5, 0.6) is 0 Å². The fourth-order valence-electron chi connectivity index (χ4n) is 4.17. The Kier molecular flexibility index (Phi) is 5.62. The van der Waals surface area contributed by atoms with Crippen molar-refractivity contribution in [2.24, 2.45) is 0 Å². The molecule has 0 amide bonds. The Morgan fingerprint density at radius 2 is 1.79 bits per heavy atom. The van der Waals surface area contributed by atoms with E-state index in [2.05, 4.69) is 5.10 Å². The van der Waals surface area contributed by atoms with Gasteiger partial charge in [-0.2, -0.15) is 9.40 Å². The molecular weight excluding hydrogens is 326 g/mol. The van der Waals surface area contributed by atoms with Gasteiger partial charge >= 0.3 is 0 Å². The van der Waals surface area contributed by atoms with Crippen LogP contribution < -0.4 is 0 Å². The fraction of sp³-hybridized carbons (Fsp3) is 0.824. The summed E-state index contributed by atoms with van der Waals surface area (Å²) < 4.78 is 29.8. The molecule has 0 spiro atoms. The first kappa shape index (κ1) is 17.9. The van der Waals surface area contributed by atoms with E-state index in [1.54, 1.807) is 13.1 Å². The Morgan fingerprint density at radius 3 is 2.42 bits per heavy atom. The lowest BCUT2D eigenvalue weighted by molar-refractivity contribution is 0.199. The third-order valence-electron chi connectivity index (χ3n) is 5.46. The molecular formula is C17H29N3O3S. The summed E-state index contributed by atoms with van der Waals surface area (Å²) in [6.07, 6.45) is 11.3. The van der Waals surface area contributed by atoms with E-state index in [-0.39, 0.29) is 19.2 Å². The van der Waals surface area contributed by atoms with Gasteiger partial charge < -0.3 is 5.11 Å². The van der Waals surface area contributed by atoms with Crippen LogP contribution in [0.4, 0.5) is 0 Å². The second kappa shape index (κ2) is 7.54. The van der Waals surface area contributed by atoms with Gasteiger partial charge in [-0.3, -0.25) is 4.68 Å². The maximum Gasteiger partial charge on any atom is 0.246 e. The van der Waals surface area contributed by atoms with Crippen molar-refractivity contribution in [3.63, 3.8) is 0 Å². The molecule has 1 N–H and O–H groups in total. The normalized spacial score (nSPS) is 21.0. The second-order valence-electron chi connectivity index (χ2n) is 7.13.